The molecule has 2 heterocycles. The highest BCUT2D eigenvalue weighted by Gasteiger charge is 2.33. The van der Waals surface area contributed by atoms with Crippen molar-refractivity contribution in [2.24, 2.45) is 11.8 Å². The van der Waals surface area contributed by atoms with Gasteiger partial charge in [-0.2, -0.15) is 0 Å². The minimum Gasteiger partial charge on any atom is -0.344 e. The third kappa shape index (κ3) is 5.46. The summed E-state index contributed by atoms with van der Waals surface area (Å²) in [5.41, 5.74) is 0. The Kier molecular flexibility index (Phi) is 7.29. The molecule has 0 bridgehead atoms. The molecule has 3 rings (SSSR count). The normalized spacial score (nSPS) is 19.5. The van der Waals surface area contributed by atoms with E-state index in [0.29, 0.717) is 25.4 Å². The number of amides is 2. The summed E-state index contributed by atoms with van der Waals surface area (Å²) < 4.78 is 0. The van der Waals surface area contributed by atoms with E-state index in [9.17, 15) is 9.59 Å². The molecule has 154 valence electrons. The van der Waals surface area contributed by atoms with E-state index >= 15 is 0 Å². The predicted octanol–water partition coefficient (Wildman–Crippen LogP) is 2.26. The van der Waals surface area contributed by atoms with Crippen molar-refractivity contribution in [2.75, 3.05) is 31.1 Å². The molecule has 6 heteroatoms. The Balaban J connectivity index is 1.57. The first-order valence-corrected chi connectivity index (χ1v) is 10.9. The van der Waals surface area contributed by atoms with Crippen LogP contribution in [0.4, 0.5) is 5.82 Å². The molecule has 1 aromatic rings. The molecule has 0 aromatic carbocycles. The zero-order chi connectivity index (χ0) is 19.9. The quantitative estimate of drug-likeness (QED) is 0.814. The Labute approximate surface area is 168 Å². The molecule has 28 heavy (non-hydrogen) atoms. The van der Waals surface area contributed by atoms with E-state index in [1.165, 1.54) is 6.42 Å². The van der Waals surface area contributed by atoms with E-state index in [4.69, 9.17) is 0 Å². The maximum atomic E-state index is 13.2. The second-order valence-corrected chi connectivity index (χ2v) is 8.59. The van der Waals surface area contributed by atoms with Crippen molar-refractivity contribution in [2.45, 2.75) is 58.4 Å². The minimum absolute atomic E-state index is 0.0783. The number of nitrogens with one attached hydrogen (secondary N) is 2. The molecule has 6 nitrogen and oxygen atoms in total. The van der Waals surface area contributed by atoms with E-state index < -0.39 is 6.04 Å². The molecular weight excluding hydrogens is 352 g/mol. The van der Waals surface area contributed by atoms with Gasteiger partial charge in [-0.1, -0.05) is 39.2 Å². The van der Waals surface area contributed by atoms with Crippen LogP contribution in [0.5, 0.6) is 0 Å². The second-order valence-electron chi connectivity index (χ2n) is 8.59. The topological polar surface area (TPSA) is 66.8 Å². The molecule has 2 N–H and O–H groups in total. The SMILES string of the molecule is CC(C)C[C@@H](NC(=O)C1CCCCC1)C(=O)N1CCN(c2cccc[nH+]2)CC1. The molecule has 1 atom stereocenters. The number of aromatic amines is 1. The van der Waals surface area contributed by atoms with Crippen LogP contribution in [0.1, 0.15) is 52.4 Å². The Bertz CT molecular complexity index is 635. The predicted molar refractivity (Wildman–Crippen MR) is 110 cm³/mol. The average Bonchev–Trinajstić information content (AvgIpc) is 2.74. The van der Waals surface area contributed by atoms with Gasteiger partial charge in [0.2, 0.25) is 11.8 Å². The third-order valence-electron chi connectivity index (χ3n) is 5.92. The van der Waals surface area contributed by atoms with Crippen molar-refractivity contribution in [3.05, 3.63) is 24.4 Å². The number of anilines is 1. The number of hydrogen-bond acceptors (Lipinski definition) is 3. The lowest BCUT2D eigenvalue weighted by Crippen LogP contribution is -2.56. The van der Waals surface area contributed by atoms with Gasteiger partial charge in [-0.05, 0) is 31.2 Å². The molecular formula is C22H35N4O2+. The maximum absolute atomic E-state index is 13.2. The fourth-order valence-electron chi connectivity index (χ4n) is 4.32. The minimum atomic E-state index is -0.399. The van der Waals surface area contributed by atoms with Crippen LogP contribution in [-0.4, -0.2) is 48.9 Å². The van der Waals surface area contributed by atoms with Gasteiger partial charge in [0.25, 0.3) is 5.82 Å². The van der Waals surface area contributed by atoms with Crippen molar-refractivity contribution in [3.63, 3.8) is 0 Å². The number of H-pyrrole nitrogens is 1. The lowest BCUT2D eigenvalue weighted by Gasteiger charge is -2.34. The zero-order valence-electron chi connectivity index (χ0n) is 17.3. The van der Waals surface area contributed by atoms with E-state index in [1.54, 1.807) is 0 Å². The summed E-state index contributed by atoms with van der Waals surface area (Å²) in [5.74, 6) is 1.69. The van der Waals surface area contributed by atoms with Gasteiger partial charge in [-0.15, -0.1) is 0 Å². The summed E-state index contributed by atoms with van der Waals surface area (Å²) >= 11 is 0. The van der Waals surface area contributed by atoms with Gasteiger partial charge in [0.05, 0.1) is 19.3 Å². The van der Waals surface area contributed by atoms with Crippen LogP contribution in [0.2, 0.25) is 0 Å². The molecule has 1 saturated heterocycles. The highest BCUT2D eigenvalue weighted by Crippen LogP contribution is 2.24. The standard InChI is InChI=1S/C22H34N4O2/c1-17(2)16-19(24-21(27)18-8-4-3-5-9-18)22(28)26-14-12-25(13-15-26)20-10-6-7-11-23-20/h6-7,10-11,17-19H,3-5,8-9,12-16H2,1-2H3,(H,24,27)/p+1/t19-/m1/s1. The number of carbonyl (C=O) groups is 2. The summed E-state index contributed by atoms with van der Waals surface area (Å²) in [7, 11) is 0. The molecule has 1 aliphatic carbocycles. The van der Waals surface area contributed by atoms with Gasteiger partial charge >= 0.3 is 0 Å². The highest BCUT2D eigenvalue weighted by atomic mass is 16.2. The fraction of sp³-hybridized carbons (Fsp3) is 0.682. The van der Waals surface area contributed by atoms with Crippen molar-refractivity contribution < 1.29 is 14.6 Å². The largest absolute Gasteiger partial charge is 0.344 e. The number of aromatic nitrogens is 1. The number of nitrogens with zero attached hydrogens (tertiary/aromatic N) is 2. The Hall–Kier alpha value is -2.11. The molecule has 0 radical (unpaired) electrons. The lowest BCUT2D eigenvalue weighted by molar-refractivity contribution is -0.364. The van der Waals surface area contributed by atoms with Crippen LogP contribution in [-0.2, 0) is 9.59 Å². The zero-order valence-corrected chi connectivity index (χ0v) is 17.3. The molecule has 2 fully saturated rings. The maximum Gasteiger partial charge on any atom is 0.274 e. The Morgan fingerprint density at radius 3 is 2.43 bits per heavy atom. The first kappa shape index (κ1) is 20.6. The van der Waals surface area contributed by atoms with Crippen LogP contribution in [0.15, 0.2) is 24.4 Å². The van der Waals surface area contributed by atoms with Gasteiger partial charge in [-0.3, -0.25) is 14.5 Å². The third-order valence-corrected chi connectivity index (χ3v) is 5.92. The van der Waals surface area contributed by atoms with Gasteiger partial charge in [0.1, 0.15) is 19.1 Å². The highest BCUT2D eigenvalue weighted by molar-refractivity contribution is 5.88. The van der Waals surface area contributed by atoms with Gasteiger partial charge in [0.15, 0.2) is 0 Å². The van der Waals surface area contributed by atoms with E-state index in [0.717, 1.165) is 44.6 Å². The summed E-state index contributed by atoms with van der Waals surface area (Å²) in [6.45, 7) is 7.20. The fourth-order valence-corrected chi connectivity index (χ4v) is 4.32. The summed E-state index contributed by atoms with van der Waals surface area (Å²) in [6.07, 6.45) is 8.01. The molecule has 0 spiro atoms. The van der Waals surface area contributed by atoms with Gasteiger partial charge in [-0.25, -0.2) is 4.98 Å². The monoisotopic (exact) mass is 387 g/mol. The molecule has 1 aliphatic heterocycles. The molecule has 0 unspecified atom stereocenters. The first-order chi connectivity index (χ1) is 13.5. The second kappa shape index (κ2) is 9.89. The molecule has 1 saturated carbocycles. The molecule has 1 aromatic heterocycles. The number of hydrogen-bond donors (Lipinski definition) is 1. The van der Waals surface area contributed by atoms with Gasteiger partial charge < -0.3 is 10.2 Å². The number of pyridine rings is 1. The van der Waals surface area contributed by atoms with Crippen LogP contribution in [0, 0.1) is 11.8 Å². The number of carbonyl (C=O) groups excluding carboxylic acids is 2. The van der Waals surface area contributed by atoms with Crippen molar-refractivity contribution in [1.29, 1.82) is 0 Å². The number of piperazine rings is 1. The Morgan fingerprint density at radius 2 is 1.82 bits per heavy atom. The average molecular weight is 388 g/mol. The number of rotatable bonds is 6. The van der Waals surface area contributed by atoms with Crippen molar-refractivity contribution in [1.82, 2.24) is 10.2 Å². The van der Waals surface area contributed by atoms with E-state index in [2.05, 4.69) is 35.1 Å². The molecule has 2 amide bonds. The molecule has 2 aliphatic rings. The van der Waals surface area contributed by atoms with Crippen molar-refractivity contribution in [3.8, 4) is 0 Å². The summed E-state index contributed by atoms with van der Waals surface area (Å²) in [5, 5.41) is 3.11. The van der Waals surface area contributed by atoms with Crippen LogP contribution in [0.3, 0.4) is 0 Å². The smallest absolute Gasteiger partial charge is 0.274 e. The van der Waals surface area contributed by atoms with Gasteiger partial charge in [0, 0.05) is 12.0 Å². The summed E-state index contributed by atoms with van der Waals surface area (Å²) in [4.78, 5) is 33.3. The van der Waals surface area contributed by atoms with E-state index in [1.807, 2.05) is 23.2 Å². The van der Waals surface area contributed by atoms with Crippen molar-refractivity contribution >= 4 is 17.6 Å². The van der Waals surface area contributed by atoms with Crippen LogP contribution < -0.4 is 15.2 Å². The lowest BCUT2D eigenvalue weighted by atomic mass is 9.88. The van der Waals surface area contributed by atoms with Crippen LogP contribution >= 0.6 is 0 Å². The van der Waals surface area contributed by atoms with E-state index in [-0.39, 0.29) is 17.7 Å². The first-order valence-electron chi connectivity index (χ1n) is 10.9. The Morgan fingerprint density at radius 1 is 1.11 bits per heavy atom. The summed E-state index contributed by atoms with van der Waals surface area (Å²) in [6, 6.07) is 5.64. The van der Waals surface area contributed by atoms with Crippen LogP contribution in [0.25, 0.3) is 0 Å².